The van der Waals surface area contributed by atoms with Crippen molar-refractivity contribution in [3.05, 3.63) is 23.8 Å². The Morgan fingerprint density at radius 1 is 1.39 bits per heavy atom. The lowest BCUT2D eigenvalue weighted by atomic mass is 10.2. The fraction of sp³-hybridized carbons (Fsp3) is 0.562. The molecule has 1 fully saturated rings. The molecule has 0 radical (unpaired) electrons. The Morgan fingerprint density at radius 3 is 2.65 bits per heavy atom. The molecule has 128 valence electrons. The number of halogens is 2. The van der Waals surface area contributed by atoms with Crippen LogP contribution in [0.4, 0.5) is 14.5 Å². The molecule has 1 aliphatic heterocycles. The molecule has 0 aliphatic carbocycles. The molecule has 1 atom stereocenters. The summed E-state index contributed by atoms with van der Waals surface area (Å²) in [5.41, 5.74) is 0.123. The van der Waals surface area contributed by atoms with Crippen LogP contribution in [0.3, 0.4) is 0 Å². The summed E-state index contributed by atoms with van der Waals surface area (Å²) in [6.45, 7) is 1.01. The molecule has 7 heteroatoms. The number of nitrogens with zero attached hydrogens (tertiary/aromatic N) is 1. The number of thioether (sulfide) groups is 1. The molecule has 1 unspecified atom stereocenters. The molecule has 1 saturated heterocycles. The van der Waals surface area contributed by atoms with Crippen LogP contribution in [-0.2, 0) is 4.79 Å². The van der Waals surface area contributed by atoms with E-state index in [4.69, 9.17) is 4.74 Å². The molecule has 0 bridgehead atoms. The Bertz CT molecular complexity index is 526. The molecule has 23 heavy (non-hydrogen) atoms. The zero-order valence-electron chi connectivity index (χ0n) is 13.4. The smallest absolute Gasteiger partial charge is 0.237 e. The number of anilines is 1. The maximum absolute atomic E-state index is 14.0. The summed E-state index contributed by atoms with van der Waals surface area (Å²) in [6.07, 6.45) is 2.46. The molecule has 2 rings (SSSR count). The summed E-state index contributed by atoms with van der Waals surface area (Å²) >= 11 is 1.57. The maximum atomic E-state index is 14.0. The zero-order chi connectivity index (χ0) is 16.8. The number of amides is 1. The average Bonchev–Trinajstić information content (AvgIpc) is 2.99. The fourth-order valence-corrected chi connectivity index (χ4v) is 3.49. The Morgan fingerprint density at radius 2 is 2.09 bits per heavy atom. The molecule has 1 aromatic rings. The largest absolute Gasteiger partial charge is 0.488 e. The number of rotatable bonds is 7. The van der Waals surface area contributed by atoms with E-state index in [1.807, 2.05) is 19.0 Å². The van der Waals surface area contributed by atoms with Gasteiger partial charge in [-0.25, -0.2) is 8.78 Å². The summed E-state index contributed by atoms with van der Waals surface area (Å²) in [7, 11) is 3.84. The van der Waals surface area contributed by atoms with Crippen LogP contribution < -0.4 is 10.1 Å². The minimum atomic E-state index is -0.802. The second kappa shape index (κ2) is 8.49. The third kappa shape index (κ3) is 5.35. The third-order valence-corrected chi connectivity index (χ3v) is 4.86. The lowest BCUT2D eigenvalue weighted by molar-refractivity contribution is -0.115. The van der Waals surface area contributed by atoms with Gasteiger partial charge in [0.05, 0.1) is 11.9 Å². The lowest BCUT2D eigenvalue weighted by Crippen LogP contribution is -2.23. The lowest BCUT2D eigenvalue weighted by Gasteiger charge is -2.13. The zero-order valence-corrected chi connectivity index (χ0v) is 14.2. The average molecular weight is 344 g/mol. The normalized spacial score (nSPS) is 17.5. The first-order chi connectivity index (χ1) is 11.0. The van der Waals surface area contributed by atoms with E-state index in [9.17, 15) is 13.6 Å². The van der Waals surface area contributed by atoms with E-state index in [1.54, 1.807) is 11.8 Å². The van der Waals surface area contributed by atoms with Crippen LogP contribution in [0.5, 0.6) is 5.75 Å². The Kier molecular flexibility index (Phi) is 6.65. The van der Waals surface area contributed by atoms with Gasteiger partial charge < -0.3 is 15.0 Å². The van der Waals surface area contributed by atoms with E-state index in [0.29, 0.717) is 6.42 Å². The SMILES string of the molecule is CN(C)CCCOc1c(F)cc(NC(=O)C2CCCS2)cc1F. The highest BCUT2D eigenvalue weighted by Gasteiger charge is 2.24. The summed E-state index contributed by atoms with van der Waals surface area (Å²) in [5.74, 6) is -1.25. The molecule has 4 nitrogen and oxygen atoms in total. The topological polar surface area (TPSA) is 41.6 Å². The molecule has 1 N–H and O–H groups in total. The van der Waals surface area contributed by atoms with Crippen LogP contribution in [0.2, 0.25) is 0 Å². The summed E-state index contributed by atoms with van der Waals surface area (Å²) in [6, 6.07) is 2.20. The van der Waals surface area contributed by atoms with Crippen LogP contribution >= 0.6 is 11.8 Å². The number of hydrogen-bond donors (Lipinski definition) is 1. The van der Waals surface area contributed by atoms with Crippen LogP contribution in [0.15, 0.2) is 12.1 Å². The molecule has 0 spiro atoms. The second-order valence-corrected chi connectivity index (χ2v) is 7.08. The fourth-order valence-electron chi connectivity index (χ4n) is 2.33. The van der Waals surface area contributed by atoms with Crippen molar-refractivity contribution in [2.45, 2.75) is 24.5 Å². The van der Waals surface area contributed by atoms with E-state index < -0.39 is 17.4 Å². The van der Waals surface area contributed by atoms with E-state index in [2.05, 4.69) is 5.32 Å². The predicted molar refractivity (Wildman–Crippen MR) is 89.1 cm³/mol. The molecule has 1 heterocycles. The van der Waals surface area contributed by atoms with Crippen molar-refractivity contribution >= 4 is 23.4 Å². The van der Waals surface area contributed by atoms with Gasteiger partial charge >= 0.3 is 0 Å². The van der Waals surface area contributed by atoms with Crippen LogP contribution in [-0.4, -0.2) is 49.1 Å². The van der Waals surface area contributed by atoms with E-state index in [0.717, 1.165) is 37.3 Å². The number of benzene rings is 1. The van der Waals surface area contributed by atoms with Crippen molar-refractivity contribution in [3.8, 4) is 5.75 Å². The van der Waals surface area contributed by atoms with Gasteiger partial charge in [0.25, 0.3) is 0 Å². The van der Waals surface area contributed by atoms with Gasteiger partial charge in [-0.05, 0) is 39.1 Å². The van der Waals surface area contributed by atoms with Crippen molar-refractivity contribution in [1.29, 1.82) is 0 Å². The second-order valence-electron chi connectivity index (χ2n) is 5.77. The molecule has 1 aromatic carbocycles. The predicted octanol–water partition coefficient (Wildman–Crippen LogP) is 3.13. The molecule has 1 amide bonds. The van der Waals surface area contributed by atoms with E-state index in [-0.39, 0.29) is 23.5 Å². The van der Waals surface area contributed by atoms with Crippen molar-refractivity contribution in [2.75, 3.05) is 38.3 Å². The van der Waals surface area contributed by atoms with Crippen LogP contribution in [0.1, 0.15) is 19.3 Å². The van der Waals surface area contributed by atoms with Crippen LogP contribution in [0.25, 0.3) is 0 Å². The van der Waals surface area contributed by atoms with Gasteiger partial charge in [0.2, 0.25) is 5.91 Å². The molecule has 1 aliphatic rings. The first-order valence-corrected chi connectivity index (χ1v) is 8.71. The molecular formula is C16H22F2N2O2S. The highest BCUT2D eigenvalue weighted by molar-refractivity contribution is 8.00. The van der Waals surface area contributed by atoms with Gasteiger partial charge in [0.1, 0.15) is 0 Å². The van der Waals surface area contributed by atoms with Crippen molar-refractivity contribution in [3.63, 3.8) is 0 Å². The number of ether oxygens (including phenoxy) is 1. The summed E-state index contributed by atoms with van der Waals surface area (Å²) in [4.78, 5) is 14.0. The molecular weight excluding hydrogens is 322 g/mol. The minimum absolute atomic E-state index is 0.123. The van der Waals surface area contributed by atoms with Gasteiger partial charge in [-0.2, -0.15) is 0 Å². The van der Waals surface area contributed by atoms with Gasteiger partial charge in [0, 0.05) is 24.4 Å². The highest BCUT2D eigenvalue weighted by atomic mass is 32.2. The monoisotopic (exact) mass is 344 g/mol. The Hall–Kier alpha value is -1.34. The Balaban J connectivity index is 1.94. The van der Waals surface area contributed by atoms with Gasteiger partial charge in [-0.1, -0.05) is 0 Å². The van der Waals surface area contributed by atoms with E-state index in [1.165, 1.54) is 0 Å². The summed E-state index contributed by atoms with van der Waals surface area (Å²) in [5, 5.41) is 2.44. The van der Waals surface area contributed by atoms with Crippen LogP contribution in [0, 0.1) is 11.6 Å². The first kappa shape index (κ1) is 18.0. The standard InChI is InChI=1S/C16H22F2N2O2S/c1-20(2)6-4-7-22-15-12(17)9-11(10-13(15)18)19-16(21)14-5-3-8-23-14/h9-10,14H,3-8H2,1-2H3,(H,19,21). The minimum Gasteiger partial charge on any atom is -0.488 e. The first-order valence-electron chi connectivity index (χ1n) is 7.66. The number of nitrogens with one attached hydrogen (secondary N) is 1. The number of carbonyl (C=O) groups is 1. The van der Waals surface area contributed by atoms with Crippen molar-refractivity contribution in [1.82, 2.24) is 4.90 Å². The van der Waals surface area contributed by atoms with E-state index >= 15 is 0 Å². The van der Waals surface area contributed by atoms with Gasteiger partial charge in [-0.15, -0.1) is 11.8 Å². The van der Waals surface area contributed by atoms with Gasteiger partial charge in [-0.3, -0.25) is 4.79 Å². The van der Waals surface area contributed by atoms with Gasteiger partial charge in [0.15, 0.2) is 17.4 Å². The maximum Gasteiger partial charge on any atom is 0.237 e. The third-order valence-electron chi connectivity index (χ3n) is 3.48. The molecule has 0 saturated carbocycles. The number of carbonyl (C=O) groups excluding carboxylic acids is 1. The highest BCUT2D eigenvalue weighted by Crippen LogP contribution is 2.29. The quantitative estimate of drug-likeness (QED) is 0.772. The van der Waals surface area contributed by atoms with Crippen molar-refractivity contribution < 1.29 is 18.3 Å². The molecule has 0 aromatic heterocycles. The van der Waals surface area contributed by atoms with Crippen molar-refractivity contribution in [2.24, 2.45) is 0 Å². The Labute approximate surface area is 139 Å². The number of hydrogen-bond acceptors (Lipinski definition) is 4. The summed E-state index contributed by atoms with van der Waals surface area (Å²) < 4.78 is 33.2.